The molecular weight excluding hydrogens is 674 g/mol. The number of unbranched alkanes of at least 4 members (excludes halogenated alkanes) is 12. The number of carbonyl (C=O) groups is 6. The van der Waals surface area contributed by atoms with Gasteiger partial charge >= 0.3 is 42.3 Å². The third-order valence-electron chi connectivity index (χ3n) is 5.97. The number of carbonyl (C=O) groups excluding carboxylic acids is 6. The second-order valence-corrected chi connectivity index (χ2v) is 9.65. The van der Waals surface area contributed by atoms with Crippen molar-refractivity contribution in [2.24, 2.45) is 0 Å². The molecule has 0 N–H and O–H groups in total. The van der Waals surface area contributed by atoms with E-state index in [1.165, 1.54) is 21.3 Å². The second-order valence-electron chi connectivity index (χ2n) is 9.65. The number of rotatable bonds is 24. The van der Waals surface area contributed by atoms with Crippen molar-refractivity contribution >= 4 is 60.2 Å². The maximum atomic E-state index is 10.7. The van der Waals surface area contributed by atoms with Crippen LogP contribution in [0.4, 0.5) is 0 Å². The van der Waals surface area contributed by atoms with Gasteiger partial charge in [-0.05, 0) is 57.8 Å². The predicted octanol–water partition coefficient (Wildman–Crippen LogP) is 1.54. The van der Waals surface area contributed by atoms with Crippen LogP contribution in [0, 0.1) is 0 Å². The Balaban J connectivity index is -0.000000262. The molecule has 0 aliphatic carbocycles. The van der Waals surface area contributed by atoms with Gasteiger partial charge in [-0.3, -0.25) is 14.4 Å². The predicted molar refractivity (Wildman–Crippen MR) is 154 cm³/mol. The minimum Gasteiger partial charge on any atom is -0.550 e. The third kappa shape index (κ3) is 49.6. The van der Waals surface area contributed by atoms with Crippen molar-refractivity contribution < 1.29 is 58.3 Å². The monoisotopic (exact) mass is 724 g/mol. The van der Waals surface area contributed by atoms with Gasteiger partial charge in [0.1, 0.15) is 0 Å². The van der Waals surface area contributed by atoms with E-state index in [4.69, 9.17) is 0 Å². The summed E-state index contributed by atoms with van der Waals surface area (Å²) in [6.45, 7) is 0. The summed E-state index contributed by atoms with van der Waals surface area (Å²) in [5.74, 6) is -3.50. The van der Waals surface area contributed by atoms with Gasteiger partial charge in [-0.2, -0.15) is 0 Å². The summed E-state index contributed by atoms with van der Waals surface area (Å²) in [5, 5.41) is 30.1. The standard InChI is InChI=1S/3C10H18O4.Sb/c3*1-14-10(13)8-6-4-2-3-5-7-9(11)12;/h3*2-8H2,1H3,(H,11,12);/q;;;+3/p-3. The van der Waals surface area contributed by atoms with E-state index in [0.29, 0.717) is 38.5 Å². The molecular formula is C30H51O12Sb. The molecule has 0 aromatic rings. The van der Waals surface area contributed by atoms with Crippen molar-refractivity contribution in [1.82, 2.24) is 0 Å². The Morgan fingerprint density at radius 1 is 0.349 bits per heavy atom. The van der Waals surface area contributed by atoms with Gasteiger partial charge < -0.3 is 43.9 Å². The van der Waals surface area contributed by atoms with E-state index in [2.05, 4.69) is 14.2 Å². The minimum absolute atomic E-state index is 0. The van der Waals surface area contributed by atoms with Gasteiger partial charge in [-0.1, -0.05) is 57.8 Å². The van der Waals surface area contributed by atoms with Crippen LogP contribution in [-0.2, 0) is 43.0 Å². The molecule has 2 radical (unpaired) electrons. The van der Waals surface area contributed by atoms with Crippen molar-refractivity contribution in [1.29, 1.82) is 0 Å². The fourth-order valence-electron chi connectivity index (χ4n) is 3.51. The number of aliphatic carboxylic acids is 3. The van der Waals surface area contributed by atoms with Gasteiger partial charge in [0.2, 0.25) is 0 Å². The Bertz CT molecular complexity index is 633. The molecule has 43 heavy (non-hydrogen) atoms. The van der Waals surface area contributed by atoms with E-state index in [1.54, 1.807) is 0 Å². The Labute approximate surface area is 274 Å². The summed E-state index contributed by atoms with van der Waals surface area (Å²) in [5.41, 5.74) is 0. The van der Waals surface area contributed by atoms with Gasteiger partial charge in [0.05, 0.1) is 21.3 Å². The zero-order chi connectivity index (χ0) is 32.4. The average Bonchev–Trinajstić information content (AvgIpc) is 2.95. The van der Waals surface area contributed by atoms with Crippen LogP contribution in [0.2, 0.25) is 0 Å². The van der Waals surface area contributed by atoms with E-state index in [9.17, 15) is 44.1 Å². The van der Waals surface area contributed by atoms with Gasteiger partial charge in [-0.25, -0.2) is 0 Å². The Morgan fingerprint density at radius 2 is 0.512 bits per heavy atom. The summed E-state index contributed by atoms with van der Waals surface area (Å²) in [6, 6.07) is 0. The molecule has 0 amide bonds. The Kier molecular flexibility index (Phi) is 41.7. The second kappa shape index (κ2) is 37.7. The van der Waals surface area contributed by atoms with Crippen LogP contribution in [0.1, 0.15) is 135 Å². The molecule has 0 unspecified atom stereocenters. The summed E-state index contributed by atoms with van der Waals surface area (Å²) < 4.78 is 13.5. The fraction of sp³-hybridized carbons (Fsp3) is 0.800. The molecule has 0 aliphatic heterocycles. The summed E-state index contributed by atoms with van der Waals surface area (Å²) in [6.07, 6.45) is 14.6. The molecule has 0 heterocycles. The van der Waals surface area contributed by atoms with Crippen LogP contribution in [-0.4, -0.2) is 81.6 Å². The van der Waals surface area contributed by atoms with Crippen molar-refractivity contribution in [2.75, 3.05) is 21.3 Å². The maximum Gasteiger partial charge on any atom is 3.00 e. The van der Waals surface area contributed by atoms with Crippen LogP contribution in [0.5, 0.6) is 0 Å². The average molecular weight is 725 g/mol. The van der Waals surface area contributed by atoms with E-state index in [0.717, 1.165) is 77.0 Å². The van der Waals surface area contributed by atoms with E-state index in [-0.39, 0.29) is 61.6 Å². The molecule has 0 saturated heterocycles. The maximum absolute atomic E-state index is 10.7. The number of methoxy groups -OCH3 is 3. The number of hydrogen-bond donors (Lipinski definition) is 0. The van der Waals surface area contributed by atoms with E-state index < -0.39 is 17.9 Å². The van der Waals surface area contributed by atoms with Crippen molar-refractivity contribution in [3.8, 4) is 0 Å². The molecule has 248 valence electrons. The molecule has 0 bridgehead atoms. The first-order chi connectivity index (χ1) is 20.0. The molecule has 12 nitrogen and oxygen atoms in total. The van der Waals surface area contributed by atoms with Crippen molar-refractivity contribution in [3.63, 3.8) is 0 Å². The zero-order valence-electron chi connectivity index (χ0n) is 26.2. The summed E-state index contributed by atoms with van der Waals surface area (Å²) >= 11 is 0. The topological polar surface area (TPSA) is 199 Å². The molecule has 13 heteroatoms. The summed E-state index contributed by atoms with van der Waals surface area (Å²) in [7, 11) is 4.13. The van der Waals surface area contributed by atoms with Gasteiger partial charge in [0.15, 0.2) is 0 Å². The smallest absolute Gasteiger partial charge is 0.550 e. The molecule has 0 fully saturated rings. The van der Waals surface area contributed by atoms with Crippen molar-refractivity contribution in [3.05, 3.63) is 0 Å². The molecule has 0 aliphatic rings. The molecule has 0 aromatic carbocycles. The zero-order valence-corrected chi connectivity index (χ0v) is 28.7. The third-order valence-corrected chi connectivity index (χ3v) is 5.97. The molecule has 0 spiro atoms. The van der Waals surface area contributed by atoms with Crippen LogP contribution in [0.3, 0.4) is 0 Å². The van der Waals surface area contributed by atoms with Gasteiger partial charge in [-0.15, -0.1) is 0 Å². The van der Waals surface area contributed by atoms with Gasteiger partial charge in [0, 0.05) is 37.2 Å². The SMILES string of the molecule is COC(=O)CCCCCCCC(=O)[O-].COC(=O)CCCCCCCC(=O)[O-].COC(=O)CCCCCCCC(=O)[O-].[Sb+3]. The summed E-state index contributed by atoms with van der Waals surface area (Å²) in [4.78, 5) is 62.2. The van der Waals surface area contributed by atoms with Crippen molar-refractivity contribution in [2.45, 2.75) is 135 Å². The number of esters is 3. The Hall–Kier alpha value is -2.36. The van der Waals surface area contributed by atoms with E-state index >= 15 is 0 Å². The molecule has 0 aromatic heterocycles. The number of carboxylic acids is 3. The first-order valence-corrected chi connectivity index (χ1v) is 14.8. The molecule has 0 rings (SSSR count). The minimum atomic E-state index is -0.987. The van der Waals surface area contributed by atoms with Crippen LogP contribution in [0.15, 0.2) is 0 Å². The first-order valence-electron chi connectivity index (χ1n) is 14.8. The first kappa shape index (κ1) is 47.6. The Morgan fingerprint density at radius 3 is 0.674 bits per heavy atom. The van der Waals surface area contributed by atoms with Crippen LogP contribution in [0.25, 0.3) is 0 Å². The molecule has 0 saturated carbocycles. The largest absolute Gasteiger partial charge is 3.00 e. The number of ether oxygens (including phenoxy) is 3. The number of carboxylic acid groups (broad SMARTS) is 3. The van der Waals surface area contributed by atoms with E-state index in [1.807, 2.05) is 0 Å². The van der Waals surface area contributed by atoms with Gasteiger partial charge in [0.25, 0.3) is 0 Å². The fourth-order valence-corrected chi connectivity index (χ4v) is 3.51. The van der Waals surface area contributed by atoms with Crippen LogP contribution < -0.4 is 15.3 Å². The molecule has 0 atom stereocenters. The number of hydrogen-bond acceptors (Lipinski definition) is 12. The normalized spacial score (nSPS) is 9.56. The van der Waals surface area contributed by atoms with Crippen LogP contribution >= 0.6 is 0 Å². The quantitative estimate of drug-likeness (QED) is 0.0603.